The summed E-state index contributed by atoms with van der Waals surface area (Å²) >= 11 is 0. The van der Waals surface area contributed by atoms with Gasteiger partial charge in [-0.25, -0.2) is 0 Å². The van der Waals surface area contributed by atoms with Crippen LogP contribution in [0.5, 0.6) is 0 Å². The van der Waals surface area contributed by atoms with Crippen LogP contribution in [0.25, 0.3) is 0 Å². The maximum absolute atomic E-state index is 12.5. The molecular weight excluding hydrogens is 248 g/mol. The van der Waals surface area contributed by atoms with Crippen LogP contribution in [0.3, 0.4) is 0 Å². The zero-order chi connectivity index (χ0) is 14.5. The largest absolute Gasteiger partial charge is 0.388 e. The molecule has 0 fully saturated rings. The van der Waals surface area contributed by atoms with Crippen molar-refractivity contribution in [3.8, 4) is 0 Å². The van der Waals surface area contributed by atoms with Crippen molar-refractivity contribution in [2.75, 3.05) is 24.3 Å². The number of nitrogens with one attached hydrogen (secondary N) is 1. The number of benzene rings is 2. The average Bonchev–Trinajstić information content (AvgIpc) is 2.53. The van der Waals surface area contributed by atoms with Crippen LogP contribution >= 0.6 is 0 Å². The number of nitrogens with zero attached hydrogens (tertiary/aromatic N) is 1. The topological polar surface area (TPSA) is 32.3 Å². The highest BCUT2D eigenvalue weighted by atomic mass is 16.2. The van der Waals surface area contributed by atoms with Crippen molar-refractivity contribution in [2.45, 2.75) is 13.3 Å². The number of carbonyl (C=O) groups is 1. The Morgan fingerprint density at radius 2 is 1.85 bits per heavy atom. The lowest BCUT2D eigenvalue weighted by molar-refractivity contribution is 0.0993. The number of hydrogen-bond acceptors (Lipinski definition) is 2. The van der Waals surface area contributed by atoms with E-state index in [4.69, 9.17) is 0 Å². The molecule has 0 radical (unpaired) electrons. The molecule has 1 amide bonds. The smallest absolute Gasteiger partial charge is 0.258 e. The van der Waals surface area contributed by atoms with E-state index in [0.29, 0.717) is 5.56 Å². The van der Waals surface area contributed by atoms with E-state index in [1.54, 1.807) is 11.9 Å². The summed E-state index contributed by atoms with van der Waals surface area (Å²) in [7, 11) is 3.64. The summed E-state index contributed by atoms with van der Waals surface area (Å²) in [6.07, 6.45) is 1.00. The van der Waals surface area contributed by atoms with Crippen LogP contribution < -0.4 is 10.2 Å². The second kappa shape index (κ2) is 6.24. The Balaban J connectivity index is 2.22. The number of rotatable bonds is 4. The van der Waals surface area contributed by atoms with E-state index in [9.17, 15) is 4.79 Å². The van der Waals surface area contributed by atoms with Gasteiger partial charge in [-0.2, -0.15) is 0 Å². The summed E-state index contributed by atoms with van der Waals surface area (Å²) in [5.74, 6) is -0.00801. The van der Waals surface area contributed by atoms with Crippen molar-refractivity contribution in [1.29, 1.82) is 0 Å². The third kappa shape index (κ3) is 2.99. The van der Waals surface area contributed by atoms with Crippen LogP contribution in [-0.2, 0) is 6.42 Å². The maximum atomic E-state index is 12.5. The molecule has 0 atom stereocenters. The summed E-state index contributed by atoms with van der Waals surface area (Å²) in [6.45, 7) is 2.12. The van der Waals surface area contributed by atoms with Crippen LogP contribution in [0, 0.1) is 0 Å². The number of carbonyl (C=O) groups excluding carboxylic acids is 1. The number of hydrogen-bond donors (Lipinski definition) is 1. The van der Waals surface area contributed by atoms with E-state index in [-0.39, 0.29) is 5.91 Å². The molecule has 0 bridgehead atoms. The highest BCUT2D eigenvalue weighted by molar-refractivity contribution is 6.06. The molecule has 0 aliphatic rings. The molecule has 104 valence electrons. The first kappa shape index (κ1) is 14.1. The van der Waals surface area contributed by atoms with Gasteiger partial charge in [0.2, 0.25) is 0 Å². The van der Waals surface area contributed by atoms with Crippen molar-refractivity contribution in [1.82, 2.24) is 0 Å². The molecule has 0 saturated heterocycles. The molecule has 0 saturated carbocycles. The minimum absolute atomic E-state index is 0.00801. The number of amides is 1. The molecular formula is C17H20N2O. The summed E-state index contributed by atoms with van der Waals surface area (Å²) in [5, 5.41) is 3.05. The van der Waals surface area contributed by atoms with E-state index in [2.05, 4.69) is 24.4 Å². The molecule has 1 N–H and O–H groups in total. The Bertz CT molecular complexity index is 590. The molecule has 0 unspecified atom stereocenters. The van der Waals surface area contributed by atoms with Crippen LogP contribution in [-0.4, -0.2) is 20.0 Å². The van der Waals surface area contributed by atoms with Gasteiger partial charge >= 0.3 is 0 Å². The van der Waals surface area contributed by atoms with Gasteiger partial charge in [0.25, 0.3) is 5.91 Å². The Hall–Kier alpha value is -2.29. The zero-order valence-corrected chi connectivity index (χ0v) is 12.2. The SMILES string of the molecule is CCc1ccc(N(C)C(=O)c2cccc(NC)c2)cc1. The first-order valence-electron chi connectivity index (χ1n) is 6.80. The van der Waals surface area contributed by atoms with Gasteiger partial charge in [0, 0.05) is 31.0 Å². The van der Waals surface area contributed by atoms with Crippen LogP contribution in [0.1, 0.15) is 22.8 Å². The highest BCUT2D eigenvalue weighted by Gasteiger charge is 2.13. The first-order valence-corrected chi connectivity index (χ1v) is 6.80. The van der Waals surface area contributed by atoms with Gasteiger partial charge in [0.05, 0.1) is 0 Å². The molecule has 2 aromatic rings. The van der Waals surface area contributed by atoms with E-state index < -0.39 is 0 Å². The maximum Gasteiger partial charge on any atom is 0.258 e. The Morgan fingerprint density at radius 3 is 2.45 bits per heavy atom. The molecule has 20 heavy (non-hydrogen) atoms. The molecule has 3 heteroatoms. The zero-order valence-electron chi connectivity index (χ0n) is 12.2. The lowest BCUT2D eigenvalue weighted by Crippen LogP contribution is -2.26. The second-order valence-electron chi connectivity index (χ2n) is 4.71. The summed E-state index contributed by atoms with van der Waals surface area (Å²) in [5.41, 5.74) is 3.79. The van der Waals surface area contributed by atoms with Crippen LogP contribution in [0.4, 0.5) is 11.4 Å². The molecule has 3 nitrogen and oxygen atoms in total. The highest BCUT2D eigenvalue weighted by Crippen LogP contribution is 2.18. The molecule has 0 aromatic heterocycles. The lowest BCUT2D eigenvalue weighted by atomic mass is 10.1. The third-order valence-electron chi connectivity index (χ3n) is 3.43. The van der Waals surface area contributed by atoms with E-state index >= 15 is 0 Å². The standard InChI is InChI=1S/C17H20N2O/c1-4-13-8-10-16(11-9-13)19(3)17(20)14-6-5-7-15(12-14)18-2/h5-12,18H,4H2,1-3H3. The Kier molecular flexibility index (Phi) is 4.41. The van der Waals surface area contributed by atoms with Crippen molar-refractivity contribution in [2.24, 2.45) is 0 Å². The molecule has 0 aliphatic heterocycles. The van der Waals surface area contributed by atoms with Crippen molar-refractivity contribution >= 4 is 17.3 Å². The fraction of sp³-hybridized carbons (Fsp3) is 0.235. The fourth-order valence-corrected chi connectivity index (χ4v) is 2.07. The summed E-state index contributed by atoms with van der Waals surface area (Å²) in [4.78, 5) is 14.1. The van der Waals surface area contributed by atoms with Crippen LogP contribution in [0.2, 0.25) is 0 Å². The van der Waals surface area contributed by atoms with E-state index in [1.807, 2.05) is 43.4 Å². The van der Waals surface area contributed by atoms with Gasteiger partial charge in [0.1, 0.15) is 0 Å². The third-order valence-corrected chi connectivity index (χ3v) is 3.43. The minimum Gasteiger partial charge on any atom is -0.388 e. The van der Waals surface area contributed by atoms with Crippen molar-refractivity contribution in [3.63, 3.8) is 0 Å². The average molecular weight is 268 g/mol. The van der Waals surface area contributed by atoms with Crippen molar-refractivity contribution in [3.05, 3.63) is 59.7 Å². The van der Waals surface area contributed by atoms with Gasteiger partial charge in [-0.1, -0.05) is 25.1 Å². The van der Waals surface area contributed by atoms with E-state index in [0.717, 1.165) is 17.8 Å². The molecule has 2 rings (SSSR count). The summed E-state index contributed by atoms with van der Waals surface area (Å²) < 4.78 is 0. The summed E-state index contributed by atoms with van der Waals surface area (Å²) in [6, 6.07) is 15.6. The number of aryl methyl sites for hydroxylation is 1. The van der Waals surface area contributed by atoms with Crippen LogP contribution in [0.15, 0.2) is 48.5 Å². The van der Waals surface area contributed by atoms with Crippen molar-refractivity contribution < 1.29 is 4.79 Å². The molecule has 0 spiro atoms. The van der Waals surface area contributed by atoms with Gasteiger partial charge < -0.3 is 10.2 Å². The monoisotopic (exact) mass is 268 g/mol. The normalized spacial score (nSPS) is 10.2. The van der Waals surface area contributed by atoms with Gasteiger partial charge in [-0.3, -0.25) is 4.79 Å². The predicted octanol–water partition coefficient (Wildman–Crippen LogP) is 3.57. The van der Waals surface area contributed by atoms with Gasteiger partial charge in [-0.05, 0) is 42.3 Å². The predicted molar refractivity (Wildman–Crippen MR) is 84.5 cm³/mol. The molecule has 0 aliphatic carbocycles. The minimum atomic E-state index is -0.00801. The van der Waals surface area contributed by atoms with Gasteiger partial charge in [-0.15, -0.1) is 0 Å². The molecule has 2 aromatic carbocycles. The molecule has 0 heterocycles. The van der Waals surface area contributed by atoms with E-state index in [1.165, 1.54) is 5.56 Å². The Labute approximate surface area is 120 Å². The first-order chi connectivity index (χ1) is 9.65. The Morgan fingerprint density at radius 1 is 1.15 bits per heavy atom. The second-order valence-corrected chi connectivity index (χ2v) is 4.71. The lowest BCUT2D eigenvalue weighted by Gasteiger charge is -2.18. The quantitative estimate of drug-likeness (QED) is 0.919. The van der Waals surface area contributed by atoms with Gasteiger partial charge in [0.15, 0.2) is 0 Å². The fourth-order valence-electron chi connectivity index (χ4n) is 2.07. The number of anilines is 2.